The lowest BCUT2D eigenvalue weighted by molar-refractivity contribution is 0.0734. The maximum absolute atomic E-state index is 12.2. The molecule has 0 aliphatic rings. The summed E-state index contributed by atoms with van der Waals surface area (Å²) in [5, 5.41) is 9.66. The second kappa shape index (κ2) is 12.6. The molecule has 0 aliphatic heterocycles. The van der Waals surface area contributed by atoms with Crippen LogP contribution in [0.25, 0.3) is 0 Å². The molecule has 0 spiro atoms. The van der Waals surface area contributed by atoms with E-state index >= 15 is 0 Å². The van der Waals surface area contributed by atoms with Crippen LogP contribution in [0.1, 0.15) is 79.0 Å². The number of hydrogen-bond donors (Lipinski definition) is 1. The van der Waals surface area contributed by atoms with Crippen LogP contribution >= 0.6 is 0 Å². The average molecular weight is 398 g/mol. The number of carbonyl (C=O) groups is 2. The summed E-state index contributed by atoms with van der Waals surface area (Å²) in [5.41, 5.74) is 0.520. The monoisotopic (exact) mass is 398 g/mol. The molecule has 0 heterocycles. The number of carbonyl (C=O) groups excluding carboxylic acids is 2. The van der Waals surface area contributed by atoms with Gasteiger partial charge in [0.1, 0.15) is 17.2 Å². The number of rotatable bonds is 13. The Morgan fingerprint density at radius 3 is 2.14 bits per heavy atom. The first-order valence-corrected chi connectivity index (χ1v) is 10.4. The Morgan fingerprint density at radius 2 is 1.52 bits per heavy atom. The van der Waals surface area contributed by atoms with E-state index in [1.54, 1.807) is 24.3 Å². The van der Waals surface area contributed by atoms with Gasteiger partial charge >= 0.3 is 5.97 Å². The van der Waals surface area contributed by atoms with Crippen molar-refractivity contribution in [3.63, 3.8) is 0 Å². The maximum Gasteiger partial charge on any atom is 0.343 e. The van der Waals surface area contributed by atoms with Gasteiger partial charge < -0.3 is 14.6 Å². The van der Waals surface area contributed by atoms with Crippen molar-refractivity contribution >= 4 is 12.3 Å². The van der Waals surface area contributed by atoms with E-state index in [0.29, 0.717) is 18.5 Å². The van der Waals surface area contributed by atoms with E-state index in [9.17, 15) is 14.7 Å². The maximum atomic E-state index is 12.2. The molecular weight excluding hydrogens is 368 g/mol. The third kappa shape index (κ3) is 7.98. The van der Waals surface area contributed by atoms with Crippen molar-refractivity contribution in [2.75, 3.05) is 6.61 Å². The van der Waals surface area contributed by atoms with Gasteiger partial charge in [-0.15, -0.1) is 0 Å². The second-order valence-electron chi connectivity index (χ2n) is 7.08. The number of unbranched alkanes of at least 4 members (excludes halogenated alkanes) is 7. The largest absolute Gasteiger partial charge is 0.507 e. The Kier molecular flexibility index (Phi) is 9.76. The molecule has 0 bridgehead atoms. The van der Waals surface area contributed by atoms with Gasteiger partial charge in [0, 0.05) is 6.07 Å². The molecular formula is C24H30O5. The summed E-state index contributed by atoms with van der Waals surface area (Å²) in [7, 11) is 0. The minimum Gasteiger partial charge on any atom is -0.507 e. The highest BCUT2D eigenvalue weighted by molar-refractivity contribution is 5.91. The second-order valence-corrected chi connectivity index (χ2v) is 7.08. The van der Waals surface area contributed by atoms with Crippen LogP contribution in [0.15, 0.2) is 42.5 Å². The molecule has 0 fully saturated rings. The Morgan fingerprint density at radius 1 is 0.897 bits per heavy atom. The molecule has 2 rings (SSSR count). The van der Waals surface area contributed by atoms with Crippen LogP contribution in [-0.4, -0.2) is 24.0 Å². The highest BCUT2D eigenvalue weighted by Crippen LogP contribution is 2.23. The fourth-order valence-electron chi connectivity index (χ4n) is 2.97. The number of phenols is 1. The quantitative estimate of drug-likeness (QED) is 0.195. The molecule has 2 aromatic carbocycles. The van der Waals surface area contributed by atoms with Crippen LogP contribution in [0.3, 0.4) is 0 Å². The van der Waals surface area contributed by atoms with E-state index in [1.807, 2.05) is 0 Å². The Labute approximate surface area is 172 Å². The lowest BCUT2D eigenvalue weighted by Crippen LogP contribution is -2.08. The molecule has 156 valence electrons. The summed E-state index contributed by atoms with van der Waals surface area (Å²) in [6.07, 6.45) is 10.6. The molecule has 0 saturated carbocycles. The molecule has 5 heteroatoms. The molecule has 1 N–H and O–H groups in total. The van der Waals surface area contributed by atoms with Gasteiger partial charge in [0.2, 0.25) is 0 Å². The fourth-order valence-corrected chi connectivity index (χ4v) is 2.97. The van der Waals surface area contributed by atoms with E-state index < -0.39 is 5.97 Å². The van der Waals surface area contributed by atoms with Gasteiger partial charge in [-0.3, -0.25) is 4.79 Å². The number of aromatic hydroxyl groups is 1. The van der Waals surface area contributed by atoms with Crippen molar-refractivity contribution < 1.29 is 24.2 Å². The zero-order chi connectivity index (χ0) is 20.9. The Hall–Kier alpha value is -2.82. The summed E-state index contributed by atoms with van der Waals surface area (Å²) in [4.78, 5) is 22.9. The summed E-state index contributed by atoms with van der Waals surface area (Å²) >= 11 is 0. The Bertz CT molecular complexity index is 767. The van der Waals surface area contributed by atoms with Gasteiger partial charge in [-0.05, 0) is 42.8 Å². The number of phenolic OH excluding ortho intramolecular Hbond substituents is 1. The SMILES string of the molecule is CCCCCCCCCCOc1ccc(C(=O)Oc2ccc(C=O)c(O)c2)cc1. The minimum absolute atomic E-state index is 0.141. The van der Waals surface area contributed by atoms with Gasteiger partial charge in [-0.2, -0.15) is 0 Å². The molecule has 0 aromatic heterocycles. The van der Waals surface area contributed by atoms with Gasteiger partial charge in [0.25, 0.3) is 0 Å². The van der Waals surface area contributed by atoms with E-state index in [0.717, 1.165) is 12.2 Å². The van der Waals surface area contributed by atoms with Gasteiger partial charge in [-0.1, -0.05) is 51.9 Å². The molecule has 0 unspecified atom stereocenters. The smallest absolute Gasteiger partial charge is 0.343 e. The van der Waals surface area contributed by atoms with Crippen LogP contribution in [0.5, 0.6) is 17.2 Å². The van der Waals surface area contributed by atoms with Crippen molar-refractivity contribution in [2.24, 2.45) is 0 Å². The standard InChI is InChI=1S/C24H30O5/c1-2-3-4-5-6-7-8-9-16-28-21-13-10-19(11-14-21)24(27)29-22-15-12-20(18-25)23(26)17-22/h10-15,17-18,26H,2-9,16H2,1H3. The molecule has 0 saturated heterocycles. The molecule has 5 nitrogen and oxygen atoms in total. The number of benzene rings is 2. The van der Waals surface area contributed by atoms with Crippen LogP contribution in [-0.2, 0) is 0 Å². The molecule has 29 heavy (non-hydrogen) atoms. The lowest BCUT2D eigenvalue weighted by atomic mass is 10.1. The predicted molar refractivity (Wildman–Crippen MR) is 113 cm³/mol. The zero-order valence-electron chi connectivity index (χ0n) is 17.1. The van der Waals surface area contributed by atoms with E-state index in [4.69, 9.17) is 9.47 Å². The van der Waals surface area contributed by atoms with Crippen LogP contribution < -0.4 is 9.47 Å². The van der Waals surface area contributed by atoms with Crippen LogP contribution in [0.2, 0.25) is 0 Å². The third-order valence-corrected chi connectivity index (χ3v) is 4.70. The first-order chi connectivity index (χ1) is 14.1. The number of hydrogen-bond acceptors (Lipinski definition) is 5. The van der Waals surface area contributed by atoms with Crippen LogP contribution in [0.4, 0.5) is 0 Å². The van der Waals surface area contributed by atoms with Crippen molar-refractivity contribution in [2.45, 2.75) is 58.3 Å². The average Bonchev–Trinajstić information content (AvgIpc) is 2.73. The van der Waals surface area contributed by atoms with Crippen molar-refractivity contribution in [1.82, 2.24) is 0 Å². The van der Waals surface area contributed by atoms with Gasteiger partial charge in [0.15, 0.2) is 6.29 Å². The van der Waals surface area contributed by atoms with Crippen molar-refractivity contribution in [1.29, 1.82) is 0 Å². The van der Waals surface area contributed by atoms with E-state index in [2.05, 4.69) is 6.92 Å². The summed E-state index contributed by atoms with van der Waals surface area (Å²) in [5.74, 6) is 0.124. The normalized spacial score (nSPS) is 10.5. The molecule has 2 aromatic rings. The minimum atomic E-state index is -0.544. The molecule has 0 aliphatic carbocycles. The first-order valence-electron chi connectivity index (χ1n) is 10.4. The van der Waals surface area contributed by atoms with Crippen molar-refractivity contribution in [3.8, 4) is 17.2 Å². The molecule has 0 radical (unpaired) electrons. The predicted octanol–water partition coefficient (Wildman–Crippen LogP) is 5.94. The summed E-state index contributed by atoms with van der Waals surface area (Å²) < 4.78 is 11.0. The van der Waals surface area contributed by atoms with E-state index in [-0.39, 0.29) is 17.1 Å². The third-order valence-electron chi connectivity index (χ3n) is 4.70. The number of ether oxygens (including phenoxy) is 2. The number of aldehydes is 1. The molecule has 0 atom stereocenters. The highest BCUT2D eigenvalue weighted by atomic mass is 16.5. The van der Waals surface area contributed by atoms with Crippen molar-refractivity contribution in [3.05, 3.63) is 53.6 Å². The zero-order valence-corrected chi connectivity index (χ0v) is 17.1. The fraction of sp³-hybridized carbons (Fsp3) is 0.417. The number of esters is 1. The first kappa shape index (κ1) is 22.5. The molecule has 0 amide bonds. The van der Waals surface area contributed by atoms with Gasteiger partial charge in [-0.25, -0.2) is 4.79 Å². The topological polar surface area (TPSA) is 72.8 Å². The van der Waals surface area contributed by atoms with Gasteiger partial charge in [0.05, 0.1) is 17.7 Å². The Balaban J connectivity index is 1.70. The lowest BCUT2D eigenvalue weighted by Gasteiger charge is -2.08. The van der Waals surface area contributed by atoms with Crippen LogP contribution in [0, 0.1) is 0 Å². The van der Waals surface area contributed by atoms with E-state index in [1.165, 1.54) is 63.1 Å². The summed E-state index contributed by atoms with van der Waals surface area (Å²) in [6, 6.07) is 10.9. The highest BCUT2D eigenvalue weighted by Gasteiger charge is 2.10. The summed E-state index contributed by atoms with van der Waals surface area (Å²) in [6.45, 7) is 2.90.